The molecule has 1 heterocycles. The molecule has 18 heavy (non-hydrogen) atoms. The number of carbonyl (C=O) groups is 1. The summed E-state index contributed by atoms with van der Waals surface area (Å²) in [7, 11) is 0. The van der Waals surface area contributed by atoms with Crippen molar-refractivity contribution in [3.8, 4) is 0 Å². The molecule has 0 aliphatic heterocycles. The summed E-state index contributed by atoms with van der Waals surface area (Å²) in [6.45, 7) is 1.28. The molecule has 1 fully saturated rings. The number of amides is 1. The maximum absolute atomic E-state index is 11.6. The molecule has 4 N–H and O–H groups in total. The Morgan fingerprint density at radius 1 is 1.61 bits per heavy atom. The Balaban J connectivity index is 2.13. The zero-order valence-electron chi connectivity index (χ0n) is 10.2. The first kappa shape index (κ1) is 12.9. The molecule has 0 radical (unpaired) electrons. The molecule has 0 spiro atoms. The molecule has 1 aromatic heterocycles. The summed E-state index contributed by atoms with van der Waals surface area (Å²) in [5, 5.41) is 9.05. The number of hydrogen-bond donors (Lipinski definition) is 3. The molecule has 1 aliphatic rings. The number of hydrogen-bond acceptors (Lipinski definition) is 5. The fourth-order valence-electron chi connectivity index (χ4n) is 2.00. The number of pyridine rings is 1. The fourth-order valence-corrected chi connectivity index (χ4v) is 2.00. The molecule has 0 bridgehead atoms. The summed E-state index contributed by atoms with van der Waals surface area (Å²) in [4.78, 5) is 18.0. The highest BCUT2D eigenvalue weighted by atomic mass is 16.3. The normalized spacial score (nSPS) is 14.8. The van der Waals surface area contributed by atoms with Crippen LogP contribution in [0.2, 0.25) is 0 Å². The van der Waals surface area contributed by atoms with Crippen LogP contribution in [0.15, 0.2) is 18.3 Å². The van der Waals surface area contributed by atoms with Crippen molar-refractivity contribution in [2.45, 2.75) is 25.4 Å². The summed E-state index contributed by atoms with van der Waals surface area (Å²) in [6.07, 6.45) is 3.95. The highest BCUT2D eigenvalue weighted by Crippen LogP contribution is 2.28. The summed E-state index contributed by atoms with van der Waals surface area (Å²) in [5.41, 5.74) is 3.31. The van der Waals surface area contributed by atoms with Crippen LogP contribution in [-0.2, 0) is 6.54 Å². The number of aliphatic hydroxyl groups excluding tert-OH is 1. The molecule has 6 nitrogen and oxygen atoms in total. The molecule has 0 saturated heterocycles. The molecular weight excluding hydrogens is 232 g/mol. The van der Waals surface area contributed by atoms with Gasteiger partial charge in [-0.1, -0.05) is 0 Å². The number of rotatable bonds is 6. The second-order valence-corrected chi connectivity index (χ2v) is 4.40. The number of nitrogen functional groups attached to an aromatic ring is 1. The summed E-state index contributed by atoms with van der Waals surface area (Å²) >= 11 is 0. The van der Waals surface area contributed by atoms with E-state index in [-0.39, 0.29) is 12.5 Å². The van der Waals surface area contributed by atoms with Crippen molar-refractivity contribution in [1.82, 2.24) is 15.3 Å². The van der Waals surface area contributed by atoms with Crippen molar-refractivity contribution in [2.75, 3.05) is 13.2 Å². The van der Waals surface area contributed by atoms with Gasteiger partial charge >= 0.3 is 0 Å². The molecule has 2 rings (SSSR count). The summed E-state index contributed by atoms with van der Waals surface area (Å²) < 4.78 is 0. The predicted molar refractivity (Wildman–Crippen MR) is 66.4 cm³/mol. The van der Waals surface area contributed by atoms with Crippen LogP contribution in [0, 0.1) is 0 Å². The quantitative estimate of drug-likeness (QED) is 0.364. The molecule has 0 aromatic carbocycles. The predicted octanol–water partition coefficient (Wildman–Crippen LogP) is -0.358. The van der Waals surface area contributed by atoms with E-state index in [2.05, 4.69) is 15.3 Å². The Hall–Kier alpha value is -1.50. The second-order valence-electron chi connectivity index (χ2n) is 4.40. The second kappa shape index (κ2) is 5.90. The van der Waals surface area contributed by atoms with Gasteiger partial charge in [-0.15, -0.1) is 0 Å². The molecule has 0 unspecified atom stereocenters. The SMILES string of the molecule is NNC(=O)c1cccnc1CN(CCO)C1CC1. The molecule has 1 amide bonds. The van der Waals surface area contributed by atoms with Crippen LogP contribution in [0.25, 0.3) is 0 Å². The third-order valence-corrected chi connectivity index (χ3v) is 3.07. The van der Waals surface area contributed by atoms with E-state index in [0.29, 0.717) is 30.4 Å². The topological polar surface area (TPSA) is 91.5 Å². The highest BCUT2D eigenvalue weighted by Gasteiger charge is 2.29. The molecule has 6 heteroatoms. The largest absolute Gasteiger partial charge is 0.395 e. The van der Waals surface area contributed by atoms with Crippen molar-refractivity contribution in [1.29, 1.82) is 0 Å². The Bertz CT molecular complexity index is 420. The number of nitrogens with two attached hydrogens (primary N) is 1. The Morgan fingerprint density at radius 3 is 3.00 bits per heavy atom. The first-order chi connectivity index (χ1) is 8.76. The number of hydrazine groups is 1. The van der Waals surface area contributed by atoms with Gasteiger partial charge < -0.3 is 5.11 Å². The maximum Gasteiger partial charge on any atom is 0.267 e. The Morgan fingerprint density at radius 2 is 2.39 bits per heavy atom. The van der Waals surface area contributed by atoms with E-state index >= 15 is 0 Å². The van der Waals surface area contributed by atoms with E-state index in [4.69, 9.17) is 10.9 Å². The monoisotopic (exact) mass is 250 g/mol. The van der Waals surface area contributed by atoms with Gasteiger partial charge in [-0.2, -0.15) is 0 Å². The van der Waals surface area contributed by atoms with E-state index in [9.17, 15) is 4.79 Å². The lowest BCUT2D eigenvalue weighted by Gasteiger charge is -2.21. The molecule has 1 saturated carbocycles. The number of aromatic nitrogens is 1. The van der Waals surface area contributed by atoms with Crippen molar-refractivity contribution in [3.05, 3.63) is 29.6 Å². The third-order valence-electron chi connectivity index (χ3n) is 3.07. The number of nitrogens with zero attached hydrogens (tertiary/aromatic N) is 2. The van der Waals surface area contributed by atoms with Crippen molar-refractivity contribution >= 4 is 5.91 Å². The lowest BCUT2D eigenvalue weighted by Crippen LogP contribution is -2.33. The molecule has 1 aliphatic carbocycles. The lowest BCUT2D eigenvalue weighted by molar-refractivity contribution is 0.0950. The van der Waals surface area contributed by atoms with Gasteiger partial charge in [-0.25, -0.2) is 5.84 Å². The van der Waals surface area contributed by atoms with Gasteiger partial charge in [-0.3, -0.25) is 20.1 Å². The Kier molecular flexibility index (Phi) is 4.24. The molecule has 1 aromatic rings. The van der Waals surface area contributed by atoms with Gasteiger partial charge in [0.25, 0.3) is 5.91 Å². The molecule has 98 valence electrons. The lowest BCUT2D eigenvalue weighted by atomic mass is 10.1. The first-order valence-electron chi connectivity index (χ1n) is 6.06. The first-order valence-corrected chi connectivity index (χ1v) is 6.06. The van der Waals surface area contributed by atoms with Crippen LogP contribution in [-0.4, -0.2) is 40.1 Å². The van der Waals surface area contributed by atoms with Crippen molar-refractivity contribution in [2.24, 2.45) is 5.84 Å². The van der Waals surface area contributed by atoms with Gasteiger partial charge in [0.2, 0.25) is 0 Å². The van der Waals surface area contributed by atoms with E-state index in [1.807, 2.05) is 0 Å². The molecular formula is C12H18N4O2. The average molecular weight is 250 g/mol. The average Bonchev–Trinajstić information content (AvgIpc) is 3.22. The van der Waals surface area contributed by atoms with Crippen LogP contribution >= 0.6 is 0 Å². The van der Waals surface area contributed by atoms with E-state index < -0.39 is 0 Å². The minimum Gasteiger partial charge on any atom is -0.395 e. The van der Waals surface area contributed by atoms with E-state index in [1.54, 1.807) is 18.3 Å². The van der Waals surface area contributed by atoms with Crippen LogP contribution in [0.5, 0.6) is 0 Å². The number of aliphatic hydroxyl groups is 1. The van der Waals surface area contributed by atoms with Crippen LogP contribution in [0.1, 0.15) is 28.9 Å². The van der Waals surface area contributed by atoms with Crippen LogP contribution in [0.4, 0.5) is 0 Å². The van der Waals surface area contributed by atoms with Crippen molar-refractivity contribution in [3.63, 3.8) is 0 Å². The zero-order valence-corrected chi connectivity index (χ0v) is 10.2. The van der Waals surface area contributed by atoms with Gasteiger partial charge in [0.15, 0.2) is 0 Å². The van der Waals surface area contributed by atoms with Crippen LogP contribution < -0.4 is 11.3 Å². The van der Waals surface area contributed by atoms with E-state index in [0.717, 1.165) is 12.8 Å². The smallest absolute Gasteiger partial charge is 0.267 e. The minimum atomic E-state index is -0.335. The minimum absolute atomic E-state index is 0.113. The standard InChI is InChI=1S/C12H18N4O2/c13-15-12(18)10-2-1-5-14-11(10)8-16(6-7-17)9-3-4-9/h1-2,5,9,17H,3-4,6-8,13H2,(H,15,18). The van der Waals surface area contributed by atoms with E-state index in [1.165, 1.54) is 0 Å². The fraction of sp³-hybridized carbons (Fsp3) is 0.500. The summed E-state index contributed by atoms with van der Waals surface area (Å²) in [5.74, 6) is 4.82. The molecule has 0 atom stereocenters. The van der Waals surface area contributed by atoms with Gasteiger partial charge in [0, 0.05) is 25.3 Å². The van der Waals surface area contributed by atoms with Crippen molar-refractivity contribution < 1.29 is 9.90 Å². The summed E-state index contributed by atoms with van der Waals surface area (Å²) in [6, 6.07) is 3.92. The number of nitrogens with one attached hydrogen (secondary N) is 1. The highest BCUT2D eigenvalue weighted by molar-refractivity contribution is 5.94. The number of carbonyl (C=O) groups excluding carboxylic acids is 1. The maximum atomic E-state index is 11.6. The zero-order chi connectivity index (χ0) is 13.0. The van der Waals surface area contributed by atoms with Crippen LogP contribution in [0.3, 0.4) is 0 Å². The van der Waals surface area contributed by atoms with Gasteiger partial charge in [0.1, 0.15) is 0 Å². The van der Waals surface area contributed by atoms with Gasteiger partial charge in [-0.05, 0) is 25.0 Å². The Labute approximate surface area is 106 Å². The third kappa shape index (κ3) is 3.04. The van der Waals surface area contributed by atoms with Gasteiger partial charge in [0.05, 0.1) is 17.9 Å².